The van der Waals surface area contributed by atoms with Crippen LogP contribution < -0.4 is 0 Å². The number of fused-ring (bicyclic) bond motifs is 1. The number of ether oxygens (including phenoxy) is 2. The highest BCUT2D eigenvalue weighted by Gasteiger charge is 2.43. The normalized spacial score (nSPS) is 35.5. The molecule has 0 bridgehead atoms. The molecule has 1 saturated heterocycles. The van der Waals surface area contributed by atoms with E-state index < -0.39 is 18.2 Å². The number of hydrogen-bond acceptors (Lipinski definition) is 5. The lowest BCUT2D eigenvalue weighted by atomic mass is 9.62. The molecular weight excluding hydrogens is 332 g/mol. The molecule has 26 heavy (non-hydrogen) atoms. The monoisotopic (exact) mass is 368 g/mol. The zero-order chi connectivity index (χ0) is 19.4. The molecule has 1 aliphatic heterocycles. The van der Waals surface area contributed by atoms with Gasteiger partial charge >= 0.3 is 5.97 Å². The van der Waals surface area contributed by atoms with Crippen molar-refractivity contribution < 1.29 is 24.5 Å². The minimum atomic E-state index is -1.08. The zero-order valence-electron chi connectivity index (χ0n) is 16.7. The number of rotatable bonds is 6. The predicted molar refractivity (Wildman–Crippen MR) is 100 cm³/mol. The number of aliphatic hydroxyl groups is 2. The number of carbonyl (C=O) groups excluding carboxylic acids is 1. The molecular formula is C21H36O5. The second kappa shape index (κ2) is 9.34. The third-order valence-electron chi connectivity index (χ3n) is 6.86. The smallest absolute Gasteiger partial charge is 0.335 e. The molecule has 0 spiro atoms. The highest BCUT2D eigenvalue weighted by Crippen LogP contribution is 2.47. The van der Waals surface area contributed by atoms with Gasteiger partial charge in [0.05, 0.1) is 37.6 Å². The molecule has 2 rings (SSSR count). The number of aliphatic hydroxyl groups excluding tert-OH is 2. The molecule has 2 aliphatic rings. The minimum Gasteiger partial charge on any atom is -0.466 e. The lowest BCUT2D eigenvalue weighted by molar-refractivity contribution is -0.137. The van der Waals surface area contributed by atoms with Crippen molar-refractivity contribution in [1.82, 2.24) is 0 Å². The van der Waals surface area contributed by atoms with Crippen LogP contribution in [0.5, 0.6) is 0 Å². The van der Waals surface area contributed by atoms with Crippen LogP contribution in [-0.4, -0.2) is 48.2 Å². The maximum atomic E-state index is 11.5. The Morgan fingerprint density at radius 3 is 2.54 bits per heavy atom. The Bertz CT molecular complexity index is 491. The number of methoxy groups -OCH3 is 1. The molecule has 5 nitrogen and oxygen atoms in total. The fourth-order valence-corrected chi connectivity index (χ4v) is 4.95. The van der Waals surface area contributed by atoms with Crippen molar-refractivity contribution >= 4 is 5.97 Å². The van der Waals surface area contributed by atoms with Crippen LogP contribution >= 0.6 is 0 Å². The van der Waals surface area contributed by atoms with Gasteiger partial charge in [0.15, 0.2) is 0 Å². The quantitative estimate of drug-likeness (QED) is 0.557. The first kappa shape index (κ1) is 21.4. The Hall–Kier alpha value is -0.910. The lowest BCUT2D eigenvalue weighted by Crippen LogP contribution is -2.42. The Balaban J connectivity index is 2.03. The topological polar surface area (TPSA) is 76.0 Å². The second-order valence-electron chi connectivity index (χ2n) is 8.46. The summed E-state index contributed by atoms with van der Waals surface area (Å²) in [7, 11) is 1.26. The van der Waals surface area contributed by atoms with E-state index in [-0.39, 0.29) is 17.9 Å². The SMILES string of the molecule is C=C(C(=O)OC)[C@H](O)CC(O)C(C)C1CC[C@@H](C)C2CCC(C)OCC12. The van der Waals surface area contributed by atoms with Gasteiger partial charge in [-0.05, 0) is 55.8 Å². The highest BCUT2D eigenvalue weighted by molar-refractivity contribution is 5.88. The van der Waals surface area contributed by atoms with E-state index in [0.717, 1.165) is 19.4 Å². The van der Waals surface area contributed by atoms with Gasteiger partial charge < -0.3 is 19.7 Å². The van der Waals surface area contributed by atoms with E-state index in [0.29, 0.717) is 29.8 Å². The molecule has 0 amide bonds. The van der Waals surface area contributed by atoms with Gasteiger partial charge in [-0.3, -0.25) is 0 Å². The third kappa shape index (κ3) is 4.87. The predicted octanol–water partition coefficient (Wildman–Crippen LogP) is 2.94. The Morgan fingerprint density at radius 1 is 1.19 bits per heavy atom. The van der Waals surface area contributed by atoms with Gasteiger partial charge in [0, 0.05) is 6.42 Å². The number of hydrogen-bond donors (Lipinski definition) is 2. The summed E-state index contributed by atoms with van der Waals surface area (Å²) in [6.07, 6.45) is 3.19. The molecule has 0 aromatic heterocycles. The summed E-state index contributed by atoms with van der Waals surface area (Å²) in [6.45, 7) is 10.9. The Morgan fingerprint density at radius 2 is 1.88 bits per heavy atom. The van der Waals surface area contributed by atoms with E-state index in [1.807, 2.05) is 0 Å². The zero-order valence-corrected chi connectivity index (χ0v) is 16.7. The average Bonchev–Trinajstić information content (AvgIpc) is 2.82. The molecule has 0 aromatic carbocycles. The van der Waals surface area contributed by atoms with Crippen molar-refractivity contribution in [2.45, 2.75) is 71.2 Å². The average molecular weight is 369 g/mol. The molecule has 0 radical (unpaired) electrons. The highest BCUT2D eigenvalue weighted by atomic mass is 16.5. The van der Waals surface area contributed by atoms with Crippen molar-refractivity contribution in [1.29, 1.82) is 0 Å². The van der Waals surface area contributed by atoms with Crippen LogP contribution in [0, 0.1) is 29.6 Å². The number of carbonyl (C=O) groups is 1. The summed E-state index contributed by atoms with van der Waals surface area (Å²) in [4.78, 5) is 11.5. The summed E-state index contributed by atoms with van der Waals surface area (Å²) in [5, 5.41) is 20.9. The van der Waals surface area contributed by atoms with Gasteiger partial charge in [0.2, 0.25) is 0 Å². The van der Waals surface area contributed by atoms with Crippen molar-refractivity contribution in [3.63, 3.8) is 0 Å². The summed E-state index contributed by atoms with van der Waals surface area (Å²) in [5.41, 5.74) is 0.000479. The van der Waals surface area contributed by atoms with E-state index in [9.17, 15) is 15.0 Å². The van der Waals surface area contributed by atoms with E-state index >= 15 is 0 Å². The Kier molecular flexibility index (Phi) is 7.68. The maximum Gasteiger partial charge on any atom is 0.335 e. The summed E-state index contributed by atoms with van der Waals surface area (Å²) < 4.78 is 10.6. The van der Waals surface area contributed by atoms with Crippen LogP contribution in [0.1, 0.15) is 52.9 Å². The van der Waals surface area contributed by atoms with E-state index in [1.54, 1.807) is 0 Å². The largest absolute Gasteiger partial charge is 0.466 e. The van der Waals surface area contributed by atoms with E-state index in [1.165, 1.54) is 20.0 Å². The van der Waals surface area contributed by atoms with Gasteiger partial charge in [0.25, 0.3) is 0 Å². The van der Waals surface area contributed by atoms with Crippen molar-refractivity contribution in [3.8, 4) is 0 Å². The molecule has 2 N–H and O–H groups in total. The molecule has 6 unspecified atom stereocenters. The first-order chi connectivity index (χ1) is 12.3. The second-order valence-corrected chi connectivity index (χ2v) is 8.46. The molecule has 150 valence electrons. The fraction of sp³-hybridized carbons (Fsp3) is 0.857. The van der Waals surface area contributed by atoms with Crippen LogP contribution in [0.4, 0.5) is 0 Å². The molecule has 0 aromatic rings. The Labute approximate surface area is 157 Å². The van der Waals surface area contributed by atoms with Crippen LogP contribution in [0.15, 0.2) is 12.2 Å². The molecule has 1 saturated carbocycles. The molecule has 1 aliphatic carbocycles. The molecule has 2 fully saturated rings. The van der Waals surface area contributed by atoms with Gasteiger partial charge in [-0.15, -0.1) is 0 Å². The first-order valence-electron chi connectivity index (χ1n) is 10.0. The van der Waals surface area contributed by atoms with Gasteiger partial charge in [-0.1, -0.05) is 26.8 Å². The van der Waals surface area contributed by atoms with E-state index in [4.69, 9.17) is 4.74 Å². The third-order valence-corrected chi connectivity index (χ3v) is 6.86. The van der Waals surface area contributed by atoms with Crippen LogP contribution in [0.3, 0.4) is 0 Å². The van der Waals surface area contributed by atoms with Gasteiger partial charge in [-0.25, -0.2) is 4.79 Å². The van der Waals surface area contributed by atoms with Crippen LogP contribution in [0.25, 0.3) is 0 Å². The van der Waals surface area contributed by atoms with Gasteiger partial charge in [0.1, 0.15) is 0 Å². The van der Waals surface area contributed by atoms with Crippen LogP contribution in [-0.2, 0) is 14.3 Å². The van der Waals surface area contributed by atoms with Gasteiger partial charge in [-0.2, -0.15) is 0 Å². The summed E-state index contributed by atoms with van der Waals surface area (Å²) in [5.74, 6) is 1.56. The minimum absolute atomic E-state index is 0.000479. The maximum absolute atomic E-state index is 11.5. The molecule has 5 heteroatoms. The van der Waals surface area contributed by atoms with E-state index in [2.05, 4.69) is 32.1 Å². The molecule has 1 heterocycles. The van der Waals surface area contributed by atoms with Crippen molar-refractivity contribution in [2.24, 2.45) is 29.6 Å². The molecule has 8 atom stereocenters. The number of esters is 1. The first-order valence-corrected chi connectivity index (χ1v) is 10.0. The lowest BCUT2D eigenvalue weighted by Gasteiger charge is -2.44. The van der Waals surface area contributed by atoms with Crippen molar-refractivity contribution in [3.05, 3.63) is 12.2 Å². The van der Waals surface area contributed by atoms with Crippen molar-refractivity contribution in [2.75, 3.05) is 13.7 Å². The standard InChI is InChI=1S/C21H36O5/c1-12-6-8-17(18-11-26-13(2)7-9-16(12)18)14(3)19(22)10-20(23)15(4)21(24)25-5/h12-14,16-20,22-23H,4,6-11H2,1-3,5H3/t12-,13?,14?,16?,17?,18?,19?,20-/m1/s1. The summed E-state index contributed by atoms with van der Waals surface area (Å²) in [6, 6.07) is 0. The van der Waals surface area contributed by atoms with Crippen LogP contribution in [0.2, 0.25) is 0 Å². The fourth-order valence-electron chi connectivity index (χ4n) is 4.95. The summed E-state index contributed by atoms with van der Waals surface area (Å²) >= 11 is 0.